The third kappa shape index (κ3) is 3.83. The standard InChI is InChI=1S/C18H14F2N2OS/c19-13-6-7-15(20)14(10-13)16-11-24-17(22-16)8-9-21-18(23)12-4-2-1-3-5-12/h1-7,10-11H,8-9H2,(H,21,23). The van der Waals surface area contributed by atoms with Crippen molar-refractivity contribution in [1.82, 2.24) is 10.3 Å². The Morgan fingerprint density at radius 3 is 2.71 bits per heavy atom. The van der Waals surface area contributed by atoms with Gasteiger partial charge in [-0.2, -0.15) is 0 Å². The van der Waals surface area contributed by atoms with Crippen molar-refractivity contribution >= 4 is 17.2 Å². The first kappa shape index (κ1) is 16.3. The number of amides is 1. The van der Waals surface area contributed by atoms with Crippen LogP contribution < -0.4 is 5.32 Å². The quantitative estimate of drug-likeness (QED) is 0.758. The van der Waals surface area contributed by atoms with Crippen LogP contribution in [0.5, 0.6) is 0 Å². The van der Waals surface area contributed by atoms with E-state index in [1.165, 1.54) is 11.3 Å². The number of carbonyl (C=O) groups excluding carboxylic acids is 1. The lowest BCUT2D eigenvalue weighted by molar-refractivity contribution is 0.0954. The second-order valence-corrected chi connectivity index (χ2v) is 6.07. The van der Waals surface area contributed by atoms with Gasteiger partial charge in [-0.05, 0) is 30.3 Å². The Bertz CT molecular complexity index is 849. The number of halogens is 2. The SMILES string of the molecule is O=C(NCCc1nc(-c2cc(F)ccc2F)cs1)c1ccccc1. The molecule has 1 N–H and O–H groups in total. The third-order valence-corrected chi connectivity index (χ3v) is 4.33. The van der Waals surface area contributed by atoms with Crippen LogP contribution in [0.3, 0.4) is 0 Å². The van der Waals surface area contributed by atoms with Crippen LogP contribution in [-0.4, -0.2) is 17.4 Å². The van der Waals surface area contributed by atoms with Crippen molar-refractivity contribution in [3.05, 3.63) is 76.1 Å². The van der Waals surface area contributed by atoms with Crippen molar-refractivity contribution in [2.45, 2.75) is 6.42 Å². The van der Waals surface area contributed by atoms with E-state index in [1.54, 1.807) is 29.6 Å². The molecule has 6 heteroatoms. The summed E-state index contributed by atoms with van der Waals surface area (Å²) in [6.45, 7) is 0.423. The largest absolute Gasteiger partial charge is 0.352 e. The van der Waals surface area contributed by atoms with E-state index < -0.39 is 11.6 Å². The Kier molecular flexibility index (Phi) is 4.96. The summed E-state index contributed by atoms with van der Waals surface area (Å²) >= 11 is 1.35. The maximum absolute atomic E-state index is 13.8. The lowest BCUT2D eigenvalue weighted by atomic mass is 10.1. The van der Waals surface area contributed by atoms with Gasteiger partial charge in [0.15, 0.2) is 0 Å². The van der Waals surface area contributed by atoms with Gasteiger partial charge in [0, 0.05) is 29.5 Å². The lowest BCUT2D eigenvalue weighted by Gasteiger charge is -2.03. The first-order valence-corrected chi connectivity index (χ1v) is 8.24. The maximum Gasteiger partial charge on any atom is 0.251 e. The number of thiazole rings is 1. The first-order chi connectivity index (χ1) is 11.6. The monoisotopic (exact) mass is 344 g/mol. The molecule has 1 aromatic heterocycles. The van der Waals surface area contributed by atoms with Gasteiger partial charge in [-0.25, -0.2) is 13.8 Å². The highest BCUT2D eigenvalue weighted by Crippen LogP contribution is 2.25. The highest BCUT2D eigenvalue weighted by Gasteiger charge is 2.11. The van der Waals surface area contributed by atoms with E-state index >= 15 is 0 Å². The van der Waals surface area contributed by atoms with E-state index in [2.05, 4.69) is 10.3 Å². The fourth-order valence-electron chi connectivity index (χ4n) is 2.22. The molecule has 0 aliphatic rings. The summed E-state index contributed by atoms with van der Waals surface area (Å²) in [6.07, 6.45) is 0.528. The highest BCUT2D eigenvalue weighted by molar-refractivity contribution is 7.09. The Hall–Kier alpha value is -2.60. The van der Waals surface area contributed by atoms with Gasteiger partial charge in [0.1, 0.15) is 11.6 Å². The van der Waals surface area contributed by atoms with Crippen molar-refractivity contribution < 1.29 is 13.6 Å². The van der Waals surface area contributed by atoms with E-state index in [1.807, 2.05) is 6.07 Å². The molecule has 0 saturated carbocycles. The highest BCUT2D eigenvalue weighted by atomic mass is 32.1. The molecular weight excluding hydrogens is 330 g/mol. The molecule has 0 atom stereocenters. The van der Waals surface area contributed by atoms with Crippen molar-refractivity contribution in [3.63, 3.8) is 0 Å². The second kappa shape index (κ2) is 7.31. The summed E-state index contributed by atoms with van der Waals surface area (Å²) in [7, 11) is 0. The number of carbonyl (C=O) groups is 1. The second-order valence-electron chi connectivity index (χ2n) is 5.12. The van der Waals surface area contributed by atoms with Crippen LogP contribution in [0.25, 0.3) is 11.3 Å². The summed E-state index contributed by atoms with van der Waals surface area (Å²) in [5.41, 5.74) is 1.14. The van der Waals surface area contributed by atoms with Crippen LogP contribution in [0.4, 0.5) is 8.78 Å². The molecule has 24 heavy (non-hydrogen) atoms. The number of rotatable bonds is 5. The van der Waals surface area contributed by atoms with Crippen LogP contribution in [-0.2, 0) is 6.42 Å². The minimum Gasteiger partial charge on any atom is -0.352 e. The molecule has 0 radical (unpaired) electrons. The predicted octanol–water partition coefficient (Wildman–Crippen LogP) is 4.06. The molecule has 3 nitrogen and oxygen atoms in total. The molecule has 0 fully saturated rings. The molecular formula is C18H14F2N2OS. The van der Waals surface area contributed by atoms with Gasteiger partial charge >= 0.3 is 0 Å². The minimum atomic E-state index is -0.509. The Labute approximate surface area is 142 Å². The lowest BCUT2D eigenvalue weighted by Crippen LogP contribution is -2.25. The van der Waals surface area contributed by atoms with Crippen LogP contribution in [0, 0.1) is 11.6 Å². The molecule has 122 valence electrons. The van der Waals surface area contributed by atoms with E-state index in [-0.39, 0.29) is 11.5 Å². The van der Waals surface area contributed by atoms with Crippen molar-refractivity contribution in [1.29, 1.82) is 0 Å². The van der Waals surface area contributed by atoms with Crippen LogP contribution in [0.1, 0.15) is 15.4 Å². The van der Waals surface area contributed by atoms with E-state index in [4.69, 9.17) is 0 Å². The smallest absolute Gasteiger partial charge is 0.251 e. The van der Waals surface area contributed by atoms with Crippen molar-refractivity contribution in [2.24, 2.45) is 0 Å². The van der Waals surface area contributed by atoms with Gasteiger partial charge in [-0.3, -0.25) is 4.79 Å². The van der Waals surface area contributed by atoms with Gasteiger partial charge in [0.25, 0.3) is 5.91 Å². The maximum atomic E-state index is 13.8. The molecule has 0 spiro atoms. The van der Waals surface area contributed by atoms with Gasteiger partial charge in [0.05, 0.1) is 10.7 Å². The fourth-order valence-corrected chi connectivity index (χ4v) is 3.02. The van der Waals surface area contributed by atoms with Gasteiger partial charge in [-0.15, -0.1) is 11.3 Å². The number of nitrogens with one attached hydrogen (secondary N) is 1. The van der Waals surface area contributed by atoms with Crippen LogP contribution in [0.15, 0.2) is 53.9 Å². The number of hydrogen-bond acceptors (Lipinski definition) is 3. The Morgan fingerprint density at radius 1 is 1.12 bits per heavy atom. The topological polar surface area (TPSA) is 42.0 Å². The molecule has 1 amide bonds. The minimum absolute atomic E-state index is 0.144. The summed E-state index contributed by atoms with van der Waals surface area (Å²) in [6, 6.07) is 12.2. The number of nitrogens with zero attached hydrogens (tertiary/aromatic N) is 1. The zero-order chi connectivity index (χ0) is 16.9. The molecule has 0 aliphatic heterocycles. The Balaban J connectivity index is 1.61. The fraction of sp³-hybridized carbons (Fsp3) is 0.111. The third-order valence-electron chi connectivity index (χ3n) is 3.42. The molecule has 0 saturated heterocycles. The number of aromatic nitrogens is 1. The number of benzene rings is 2. The van der Waals surface area contributed by atoms with Crippen molar-refractivity contribution in [2.75, 3.05) is 6.54 Å². The number of hydrogen-bond donors (Lipinski definition) is 1. The van der Waals surface area contributed by atoms with Gasteiger partial charge < -0.3 is 5.32 Å². The van der Waals surface area contributed by atoms with E-state index in [0.29, 0.717) is 24.2 Å². The summed E-state index contributed by atoms with van der Waals surface area (Å²) in [5, 5.41) is 5.25. The zero-order valence-corrected chi connectivity index (χ0v) is 13.4. The Morgan fingerprint density at radius 2 is 1.92 bits per heavy atom. The van der Waals surface area contributed by atoms with Crippen LogP contribution >= 0.6 is 11.3 Å². The average Bonchev–Trinajstić information content (AvgIpc) is 3.06. The molecule has 0 aliphatic carbocycles. The molecule has 0 bridgehead atoms. The van der Waals surface area contributed by atoms with Gasteiger partial charge in [-0.1, -0.05) is 18.2 Å². The summed E-state index contributed by atoms with van der Waals surface area (Å²) < 4.78 is 27.0. The summed E-state index contributed by atoms with van der Waals surface area (Å²) in [4.78, 5) is 16.2. The van der Waals surface area contributed by atoms with E-state index in [9.17, 15) is 13.6 Å². The van der Waals surface area contributed by atoms with Crippen LogP contribution in [0.2, 0.25) is 0 Å². The van der Waals surface area contributed by atoms with Crippen molar-refractivity contribution in [3.8, 4) is 11.3 Å². The molecule has 0 unspecified atom stereocenters. The molecule has 3 aromatic rings. The molecule has 2 aromatic carbocycles. The molecule has 1 heterocycles. The van der Waals surface area contributed by atoms with Gasteiger partial charge in [0.2, 0.25) is 0 Å². The first-order valence-electron chi connectivity index (χ1n) is 7.36. The molecule has 3 rings (SSSR count). The predicted molar refractivity (Wildman–Crippen MR) is 89.9 cm³/mol. The normalized spacial score (nSPS) is 10.6. The zero-order valence-electron chi connectivity index (χ0n) is 12.6. The van der Waals surface area contributed by atoms with E-state index in [0.717, 1.165) is 23.2 Å². The average molecular weight is 344 g/mol. The summed E-state index contributed by atoms with van der Waals surface area (Å²) in [5.74, 6) is -1.16.